The molecule has 0 unspecified atom stereocenters. The van der Waals surface area contributed by atoms with Crippen molar-refractivity contribution in [1.82, 2.24) is 9.55 Å². The van der Waals surface area contributed by atoms with Gasteiger partial charge in [0.25, 0.3) is 5.56 Å². The lowest BCUT2D eigenvalue weighted by Crippen LogP contribution is -2.28. The first-order chi connectivity index (χ1) is 13.0. The maximum atomic E-state index is 13.6. The Kier molecular flexibility index (Phi) is 5.16. The summed E-state index contributed by atoms with van der Waals surface area (Å²) in [6.45, 7) is 1.62. The number of carbonyl (C=O) groups excluding carboxylic acids is 1. The van der Waals surface area contributed by atoms with Crippen LogP contribution in [-0.2, 0) is 0 Å². The Bertz CT molecular complexity index is 1050. The first kappa shape index (κ1) is 18.1. The third kappa shape index (κ3) is 4.12. The number of urea groups is 1. The number of carbonyl (C=O) groups is 1. The van der Waals surface area contributed by atoms with Gasteiger partial charge >= 0.3 is 6.03 Å². The van der Waals surface area contributed by atoms with E-state index in [0.29, 0.717) is 17.0 Å². The Balaban J connectivity index is 1.82. The van der Waals surface area contributed by atoms with Crippen LogP contribution in [-0.4, -0.2) is 22.7 Å². The molecule has 0 aliphatic heterocycles. The molecule has 7 nitrogen and oxygen atoms in total. The molecule has 0 fully saturated rings. The molecule has 3 rings (SSSR count). The maximum absolute atomic E-state index is 13.6. The summed E-state index contributed by atoms with van der Waals surface area (Å²) in [7, 11) is 1.53. The number of hydrogen-bond donors (Lipinski definition) is 2. The zero-order chi connectivity index (χ0) is 19.4. The molecular formula is C19H17FN4O3. The van der Waals surface area contributed by atoms with Crippen LogP contribution < -0.4 is 20.9 Å². The highest BCUT2D eigenvalue weighted by Crippen LogP contribution is 2.16. The van der Waals surface area contributed by atoms with E-state index in [2.05, 4.69) is 15.6 Å². The summed E-state index contributed by atoms with van der Waals surface area (Å²) >= 11 is 0. The van der Waals surface area contributed by atoms with Gasteiger partial charge in [0, 0.05) is 24.1 Å². The fourth-order valence-electron chi connectivity index (χ4n) is 2.40. The second-order valence-electron chi connectivity index (χ2n) is 5.70. The first-order valence-electron chi connectivity index (χ1n) is 8.04. The van der Waals surface area contributed by atoms with E-state index in [4.69, 9.17) is 4.74 Å². The summed E-state index contributed by atoms with van der Waals surface area (Å²) in [6.07, 6.45) is 2.87. The van der Waals surface area contributed by atoms with Crippen LogP contribution in [0, 0.1) is 12.7 Å². The molecule has 0 aliphatic rings. The van der Waals surface area contributed by atoms with E-state index in [0.717, 1.165) is 0 Å². The van der Waals surface area contributed by atoms with Crippen LogP contribution in [0.5, 0.6) is 5.75 Å². The zero-order valence-corrected chi connectivity index (χ0v) is 14.7. The second-order valence-corrected chi connectivity index (χ2v) is 5.70. The molecule has 1 aromatic heterocycles. The second kappa shape index (κ2) is 7.69. The minimum atomic E-state index is -0.703. The van der Waals surface area contributed by atoms with Gasteiger partial charge in [-0.25, -0.2) is 14.2 Å². The molecule has 0 spiro atoms. The monoisotopic (exact) mass is 368 g/mol. The number of ether oxygens (including phenoxy) is 1. The van der Waals surface area contributed by atoms with Gasteiger partial charge in [0.2, 0.25) is 5.82 Å². The number of benzene rings is 2. The highest BCUT2D eigenvalue weighted by Gasteiger charge is 2.11. The van der Waals surface area contributed by atoms with E-state index >= 15 is 0 Å². The van der Waals surface area contributed by atoms with Crippen molar-refractivity contribution in [3.05, 3.63) is 76.6 Å². The first-order valence-corrected chi connectivity index (χ1v) is 8.04. The van der Waals surface area contributed by atoms with Gasteiger partial charge in [0.1, 0.15) is 11.6 Å². The molecule has 3 aromatic rings. The molecule has 2 amide bonds. The summed E-state index contributed by atoms with van der Waals surface area (Å²) in [5.41, 5.74) is 0.772. The molecule has 2 N–H and O–H groups in total. The standard InChI is InChI=1S/C19H17FN4O3/c1-12-6-7-13(10-16(12)20)22-19(26)23-17-18(25)24(9-8-21-17)14-4-3-5-15(11-14)27-2/h3-11H,1-2H3,(H2,21,22,23,26). The third-order valence-electron chi connectivity index (χ3n) is 3.83. The van der Waals surface area contributed by atoms with Gasteiger partial charge in [-0.15, -0.1) is 0 Å². The smallest absolute Gasteiger partial charge is 0.325 e. The van der Waals surface area contributed by atoms with Gasteiger partial charge in [-0.1, -0.05) is 12.1 Å². The number of rotatable bonds is 4. The lowest BCUT2D eigenvalue weighted by molar-refractivity contribution is 0.262. The maximum Gasteiger partial charge on any atom is 0.325 e. The summed E-state index contributed by atoms with van der Waals surface area (Å²) < 4.78 is 20.1. The number of methoxy groups -OCH3 is 1. The Hall–Kier alpha value is -3.68. The van der Waals surface area contributed by atoms with Crippen LogP contribution in [0.3, 0.4) is 0 Å². The van der Waals surface area contributed by atoms with E-state index in [1.54, 1.807) is 43.3 Å². The molecule has 0 atom stereocenters. The van der Waals surface area contributed by atoms with Crippen molar-refractivity contribution >= 4 is 17.5 Å². The van der Waals surface area contributed by atoms with Gasteiger partial charge in [-0.3, -0.25) is 14.7 Å². The van der Waals surface area contributed by atoms with Crippen molar-refractivity contribution in [2.45, 2.75) is 6.92 Å². The summed E-state index contributed by atoms with van der Waals surface area (Å²) in [4.78, 5) is 28.6. The third-order valence-corrected chi connectivity index (χ3v) is 3.83. The van der Waals surface area contributed by atoms with Crippen LogP contribution in [0.4, 0.5) is 20.7 Å². The predicted octanol–water partition coefficient (Wildman–Crippen LogP) is 3.33. The van der Waals surface area contributed by atoms with Crippen molar-refractivity contribution in [2.24, 2.45) is 0 Å². The molecule has 138 valence electrons. The molecule has 0 saturated heterocycles. The largest absolute Gasteiger partial charge is 0.497 e. The number of nitrogens with zero attached hydrogens (tertiary/aromatic N) is 2. The minimum Gasteiger partial charge on any atom is -0.497 e. The van der Waals surface area contributed by atoms with Crippen molar-refractivity contribution in [3.63, 3.8) is 0 Å². The molecule has 1 heterocycles. The summed E-state index contributed by atoms with van der Waals surface area (Å²) in [6, 6.07) is 10.5. The molecule has 2 aromatic carbocycles. The molecule has 0 saturated carbocycles. The van der Waals surface area contributed by atoms with E-state index < -0.39 is 17.4 Å². The number of amides is 2. The minimum absolute atomic E-state index is 0.162. The Morgan fingerprint density at radius 2 is 2.00 bits per heavy atom. The van der Waals surface area contributed by atoms with E-state index in [1.165, 1.54) is 30.1 Å². The quantitative estimate of drug-likeness (QED) is 0.740. The molecule has 0 bridgehead atoms. The van der Waals surface area contributed by atoms with Gasteiger partial charge in [-0.2, -0.15) is 0 Å². The zero-order valence-electron chi connectivity index (χ0n) is 14.7. The van der Waals surface area contributed by atoms with Gasteiger partial charge in [-0.05, 0) is 36.8 Å². The van der Waals surface area contributed by atoms with Crippen molar-refractivity contribution in [3.8, 4) is 11.4 Å². The molecule has 0 radical (unpaired) electrons. The van der Waals surface area contributed by atoms with Crippen molar-refractivity contribution < 1.29 is 13.9 Å². The van der Waals surface area contributed by atoms with Crippen molar-refractivity contribution in [1.29, 1.82) is 0 Å². The average molecular weight is 368 g/mol. The number of hydrogen-bond acceptors (Lipinski definition) is 4. The van der Waals surface area contributed by atoms with E-state index in [9.17, 15) is 14.0 Å². The molecule has 8 heteroatoms. The topological polar surface area (TPSA) is 85.2 Å². The van der Waals surface area contributed by atoms with Crippen molar-refractivity contribution in [2.75, 3.05) is 17.7 Å². The lowest BCUT2D eigenvalue weighted by atomic mass is 10.2. The van der Waals surface area contributed by atoms with E-state index in [-0.39, 0.29) is 11.5 Å². The number of aromatic nitrogens is 2. The van der Waals surface area contributed by atoms with Gasteiger partial charge in [0.05, 0.1) is 12.8 Å². The van der Waals surface area contributed by atoms with Crippen LogP contribution >= 0.6 is 0 Å². The number of halogens is 1. The van der Waals surface area contributed by atoms with Crippen LogP contribution in [0.1, 0.15) is 5.56 Å². The van der Waals surface area contributed by atoms with Gasteiger partial charge in [0.15, 0.2) is 0 Å². The average Bonchev–Trinajstić information content (AvgIpc) is 2.66. The lowest BCUT2D eigenvalue weighted by Gasteiger charge is -2.10. The predicted molar refractivity (Wildman–Crippen MR) is 100 cm³/mol. The normalized spacial score (nSPS) is 10.3. The summed E-state index contributed by atoms with van der Waals surface area (Å²) in [5.74, 6) is -0.0127. The Labute approximate surface area is 154 Å². The Morgan fingerprint density at radius 3 is 2.74 bits per heavy atom. The van der Waals surface area contributed by atoms with Gasteiger partial charge < -0.3 is 10.1 Å². The fourth-order valence-corrected chi connectivity index (χ4v) is 2.40. The molecule has 27 heavy (non-hydrogen) atoms. The van der Waals surface area contributed by atoms with Crippen LogP contribution in [0.25, 0.3) is 5.69 Å². The molecule has 0 aliphatic carbocycles. The highest BCUT2D eigenvalue weighted by molar-refractivity contribution is 5.99. The highest BCUT2D eigenvalue weighted by atomic mass is 19.1. The number of anilines is 2. The SMILES string of the molecule is COc1cccc(-n2ccnc(NC(=O)Nc3ccc(C)c(F)c3)c2=O)c1. The summed E-state index contributed by atoms with van der Waals surface area (Å²) in [5, 5.41) is 4.85. The molecular weight excluding hydrogens is 351 g/mol. The Morgan fingerprint density at radius 1 is 1.19 bits per heavy atom. The van der Waals surface area contributed by atoms with E-state index in [1.807, 2.05) is 0 Å². The van der Waals surface area contributed by atoms with Crippen LogP contribution in [0.15, 0.2) is 59.7 Å². The van der Waals surface area contributed by atoms with Crippen LogP contribution in [0.2, 0.25) is 0 Å². The number of nitrogens with one attached hydrogen (secondary N) is 2. The fraction of sp³-hybridized carbons (Fsp3) is 0.105. The number of aryl methyl sites for hydroxylation is 1.